The van der Waals surface area contributed by atoms with Crippen LogP contribution in [0.4, 0.5) is 0 Å². The maximum Gasteiger partial charge on any atom is 0.100 e. The van der Waals surface area contributed by atoms with Gasteiger partial charge in [-0.2, -0.15) is 0 Å². The van der Waals surface area contributed by atoms with Crippen molar-refractivity contribution in [3.05, 3.63) is 0 Å². The van der Waals surface area contributed by atoms with Gasteiger partial charge in [0, 0.05) is 6.42 Å². The lowest BCUT2D eigenvalue weighted by Gasteiger charge is -2.24. The van der Waals surface area contributed by atoms with E-state index in [0.29, 0.717) is 12.5 Å². The second kappa shape index (κ2) is 19.8. The third-order valence-electron chi connectivity index (χ3n) is 4.86. The third-order valence-corrected chi connectivity index (χ3v) is 4.86. The number of rotatable bonds is 18. The van der Waals surface area contributed by atoms with Gasteiger partial charge in [-0.25, -0.2) is 0 Å². The number of nitrogens with one attached hydrogen (secondary N) is 1. The van der Waals surface area contributed by atoms with Gasteiger partial charge in [0.2, 0.25) is 0 Å². The van der Waals surface area contributed by atoms with Crippen molar-refractivity contribution in [1.29, 1.82) is 0 Å². The van der Waals surface area contributed by atoms with E-state index in [1.807, 2.05) is 0 Å². The molecule has 0 bridgehead atoms. The molecule has 0 radical (unpaired) electrons. The molecule has 3 atom stereocenters. The van der Waals surface area contributed by atoms with Crippen molar-refractivity contribution in [2.45, 2.75) is 95.8 Å². The Morgan fingerprint density at radius 2 is 1.31 bits per heavy atom. The Bertz CT molecular complexity index is 283. The molecular weight excluding hydrogens is 354 g/mol. The SMILES string of the molecule is CCCCCCCCCCCC(CC(O)COCC(O)CO)[NH+](C)C.[Cl-]. The number of hydrogen-bond acceptors (Lipinski definition) is 4. The van der Waals surface area contributed by atoms with Crippen LogP contribution < -0.4 is 17.3 Å². The number of aliphatic hydroxyl groups is 3. The van der Waals surface area contributed by atoms with Crippen LogP contribution in [-0.4, -0.2) is 67.5 Å². The summed E-state index contributed by atoms with van der Waals surface area (Å²) >= 11 is 0. The molecule has 6 heteroatoms. The molecule has 0 aliphatic heterocycles. The monoisotopic (exact) mass is 397 g/mol. The summed E-state index contributed by atoms with van der Waals surface area (Å²) in [5.41, 5.74) is 0. The second-order valence-electron chi connectivity index (χ2n) is 7.65. The quantitative estimate of drug-likeness (QED) is 0.213. The predicted molar refractivity (Wildman–Crippen MR) is 103 cm³/mol. The van der Waals surface area contributed by atoms with Gasteiger partial charge in [0.05, 0.1) is 46.1 Å². The van der Waals surface area contributed by atoms with Crippen LogP contribution in [0, 0.1) is 0 Å². The standard InChI is InChI=1S/C20H43NO4.ClH/c1-4-5-6-7-8-9-10-11-12-13-18(21(2)3)14-19(23)16-25-17-20(24)15-22;/h18-20,22-24H,4-17H2,1-3H3;1H. The maximum absolute atomic E-state index is 10.1. The zero-order valence-corrected chi connectivity index (χ0v) is 18.0. The lowest BCUT2D eigenvalue weighted by atomic mass is 10.00. The summed E-state index contributed by atoms with van der Waals surface area (Å²) in [7, 11) is 4.28. The number of unbranched alkanes of at least 4 members (excludes halogenated alkanes) is 8. The molecular formula is C20H44ClNO4. The second-order valence-corrected chi connectivity index (χ2v) is 7.65. The first-order valence-corrected chi connectivity index (χ1v) is 10.4. The number of hydrogen-bond donors (Lipinski definition) is 4. The Morgan fingerprint density at radius 3 is 1.81 bits per heavy atom. The van der Waals surface area contributed by atoms with Gasteiger partial charge in [0.1, 0.15) is 6.10 Å². The molecule has 0 rings (SSSR count). The van der Waals surface area contributed by atoms with Gasteiger partial charge in [-0.15, -0.1) is 0 Å². The molecule has 0 heterocycles. The van der Waals surface area contributed by atoms with Crippen molar-refractivity contribution in [1.82, 2.24) is 0 Å². The lowest BCUT2D eigenvalue weighted by molar-refractivity contribution is -0.887. The van der Waals surface area contributed by atoms with Crippen molar-refractivity contribution in [3.8, 4) is 0 Å². The summed E-state index contributed by atoms with van der Waals surface area (Å²) in [6.45, 7) is 2.24. The number of ether oxygens (including phenoxy) is 1. The highest BCUT2D eigenvalue weighted by Gasteiger charge is 2.19. The van der Waals surface area contributed by atoms with Crippen LogP contribution in [0.25, 0.3) is 0 Å². The van der Waals surface area contributed by atoms with Crippen LogP contribution in [0.5, 0.6) is 0 Å². The molecule has 0 amide bonds. The summed E-state index contributed by atoms with van der Waals surface area (Å²) in [4.78, 5) is 1.37. The van der Waals surface area contributed by atoms with Crippen LogP contribution in [0.1, 0.15) is 77.6 Å². The van der Waals surface area contributed by atoms with E-state index in [0.717, 1.165) is 6.42 Å². The van der Waals surface area contributed by atoms with Crippen LogP contribution in [0.3, 0.4) is 0 Å². The van der Waals surface area contributed by atoms with Gasteiger partial charge >= 0.3 is 0 Å². The summed E-state index contributed by atoms with van der Waals surface area (Å²) in [6.07, 6.45) is 12.5. The molecule has 0 saturated heterocycles. The zero-order valence-electron chi connectivity index (χ0n) is 17.3. The smallest absolute Gasteiger partial charge is 0.100 e. The first kappa shape index (κ1) is 28.3. The van der Waals surface area contributed by atoms with Crippen molar-refractivity contribution in [2.75, 3.05) is 33.9 Å². The minimum Gasteiger partial charge on any atom is -1.00 e. The normalized spacial score (nSPS) is 14.9. The molecule has 26 heavy (non-hydrogen) atoms. The number of halogens is 1. The number of aliphatic hydroxyl groups excluding tert-OH is 3. The average molecular weight is 398 g/mol. The highest BCUT2D eigenvalue weighted by molar-refractivity contribution is 4.64. The Balaban J connectivity index is 0. The van der Waals surface area contributed by atoms with E-state index in [2.05, 4.69) is 21.0 Å². The highest BCUT2D eigenvalue weighted by atomic mass is 35.5. The fourth-order valence-electron chi connectivity index (χ4n) is 3.13. The molecule has 4 N–H and O–H groups in total. The first-order valence-electron chi connectivity index (χ1n) is 10.4. The van der Waals surface area contributed by atoms with Gasteiger partial charge < -0.3 is 37.4 Å². The topological polar surface area (TPSA) is 74.4 Å². The lowest BCUT2D eigenvalue weighted by Crippen LogP contribution is -3.10. The van der Waals surface area contributed by atoms with Crippen LogP contribution in [0.15, 0.2) is 0 Å². The Labute approximate surface area is 167 Å². The third kappa shape index (κ3) is 17.5. The predicted octanol–water partition coefficient (Wildman–Crippen LogP) is -1.45. The summed E-state index contributed by atoms with van der Waals surface area (Å²) in [5, 5.41) is 28.1. The summed E-state index contributed by atoms with van der Waals surface area (Å²) < 4.78 is 5.26. The number of quaternary nitrogens is 1. The Hall–Kier alpha value is 0.0900. The van der Waals surface area contributed by atoms with Crippen LogP contribution in [0.2, 0.25) is 0 Å². The average Bonchev–Trinajstić information content (AvgIpc) is 2.58. The molecule has 0 aromatic carbocycles. The van der Waals surface area contributed by atoms with E-state index in [1.54, 1.807) is 0 Å². The van der Waals surface area contributed by atoms with Gasteiger partial charge in [-0.3, -0.25) is 0 Å². The molecule has 0 spiro atoms. The molecule has 0 aliphatic rings. The molecule has 3 unspecified atom stereocenters. The van der Waals surface area contributed by atoms with E-state index < -0.39 is 12.2 Å². The fraction of sp³-hybridized carbons (Fsp3) is 1.00. The first-order chi connectivity index (χ1) is 12.0. The van der Waals surface area contributed by atoms with Crippen molar-refractivity contribution in [3.63, 3.8) is 0 Å². The van der Waals surface area contributed by atoms with Crippen molar-refractivity contribution >= 4 is 0 Å². The summed E-state index contributed by atoms with van der Waals surface area (Å²) in [5.74, 6) is 0. The van der Waals surface area contributed by atoms with Crippen LogP contribution >= 0.6 is 0 Å². The van der Waals surface area contributed by atoms with Gasteiger partial charge in [0.25, 0.3) is 0 Å². The fourth-order valence-corrected chi connectivity index (χ4v) is 3.13. The summed E-state index contributed by atoms with van der Waals surface area (Å²) in [6, 6.07) is 0.436. The van der Waals surface area contributed by atoms with Gasteiger partial charge in [-0.1, -0.05) is 58.3 Å². The molecule has 0 aromatic heterocycles. The zero-order chi connectivity index (χ0) is 18.9. The van der Waals surface area contributed by atoms with E-state index in [1.165, 1.54) is 62.7 Å². The van der Waals surface area contributed by atoms with Crippen LogP contribution in [-0.2, 0) is 4.74 Å². The molecule has 5 nitrogen and oxygen atoms in total. The minimum absolute atomic E-state index is 0. The minimum atomic E-state index is -0.857. The molecule has 0 aliphatic carbocycles. The maximum atomic E-state index is 10.1. The molecule has 0 fully saturated rings. The van der Waals surface area contributed by atoms with E-state index in [4.69, 9.17) is 9.84 Å². The highest BCUT2D eigenvalue weighted by Crippen LogP contribution is 2.12. The molecule has 160 valence electrons. The van der Waals surface area contributed by atoms with Crippen molar-refractivity contribution in [2.24, 2.45) is 0 Å². The molecule has 0 aromatic rings. The Kier molecular flexibility index (Phi) is 21.6. The van der Waals surface area contributed by atoms with E-state index in [-0.39, 0.29) is 32.2 Å². The van der Waals surface area contributed by atoms with Gasteiger partial charge in [-0.05, 0) is 12.8 Å². The Morgan fingerprint density at radius 1 is 0.808 bits per heavy atom. The van der Waals surface area contributed by atoms with E-state index >= 15 is 0 Å². The largest absolute Gasteiger partial charge is 1.00 e. The van der Waals surface area contributed by atoms with Gasteiger partial charge in [0.15, 0.2) is 0 Å². The van der Waals surface area contributed by atoms with Crippen molar-refractivity contribution < 1.29 is 37.4 Å². The van der Waals surface area contributed by atoms with E-state index in [9.17, 15) is 10.2 Å². The molecule has 0 saturated carbocycles.